The molecule has 1 N–H and O–H groups in total. The summed E-state index contributed by atoms with van der Waals surface area (Å²) in [7, 11) is 0. The van der Waals surface area contributed by atoms with Crippen molar-refractivity contribution in [3.05, 3.63) is 47.2 Å². The third-order valence-corrected chi connectivity index (χ3v) is 6.25. The third-order valence-electron chi connectivity index (χ3n) is 6.00. The highest BCUT2D eigenvalue weighted by Crippen LogP contribution is 2.24. The van der Waals surface area contributed by atoms with E-state index in [-0.39, 0.29) is 0 Å². The van der Waals surface area contributed by atoms with Crippen molar-refractivity contribution in [3.8, 4) is 11.3 Å². The van der Waals surface area contributed by atoms with Gasteiger partial charge in [-0.15, -0.1) is 0 Å². The Morgan fingerprint density at radius 2 is 1.39 bits per heavy atom. The lowest BCUT2D eigenvalue weighted by Gasteiger charge is -2.30. The lowest BCUT2D eigenvalue weighted by Crippen LogP contribution is -2.34. The van der Waals surface area contributed by atoms with Crippen LogP contribution in [0.1, 0.15) is 44.3 Å². The molecule has 0 radical (unpaired) electrons. The van der Waals surface area contributed by atoms with Gasteiger partial charge in [0.05, 0.1) is 6.21 Å². The first-order chi connectivity index (χ1) is 16.2. The van der Waals surface area contributed by atoms with Gasteiger partial charge in [-0.3, -0.25) is 0 Å². The number of aromatic nitrogens is 3. The SMILES string of the molecule is Clc1ccc(-c2ccc(/C=N/Nc3nc(N4CCCCC4)nc(N4CCCCC4)n3)o2)cc1. The van der Waals surface area contributed by atoms with Gasteiger partial charge in [-0.2, -0.15) is 20.1 Å². The summed E-state index contributed by atoms with van der Waals surface area (Å²) in [4.78, 5) is 18.6. The molecule has 9 heteroatoms. The van der Waals surface area contributed by atoms with Crippen molar-refractivity contribution >= 4 is 35.7 Å². The Morgan fingerprint density at radius 3 is 2.00 bits per heavy atom. The molecule has 0 spiro atoms. The normalized spacial score (nSPS) is 17.0. The predicted molar refractivity (Wildman–Crippen MR) is 132 cm³/mol. The molecule has 0 aliphatic carbocycles. The average molecular weight is 466 g/mol. The third kappa shape index (κ3) is 5.45. The molecule has 2 saturated heterocycles. The van der Waals surface area contributed by atoms with Gasteiger partial charge in [0, 0.05) is 36.8 Å². The lowest BCUT2D eigenvalue weighted by atomic mass is 10.1. The number of hydrogen-bond acceptors (Lipinski definition) is 8. The number of rotatable bonds is 6. The summed E-state index contributed by atoms with van der Waals surface area (Å²) in [5, 5.41) is 5.02. The summed E-state index contributed by atoms with van der Waals surface area (Å²) in [6, 6.07) is 11.3. The Labute approximate surface area is 198 Å². The van der Waals surface area contributed by atoms with Crippen LogP contribution in [0.5, 0.6) is 0 Å². The predicted octanol–water partition coefficient (Wildman–Crippen LogP) is 5.21. The zero-order chi connectivity index (χ0) is 22.5. The fraction of sp³-hybridized carbons (Fsp3) is 0.417. The van der Waals surface area contributed by atoms with E-state index in [1.807, 2.05) is 36.4 Å². The van der Waals surface area contributed by atoms with E-state index in [1.54, 1.807) is 6.21 Å². The number of halogens is 1. The molecule has 172 valence electrons. The summed E-state index contributed by atoms with van der Waals surface area (Å²) in [6.07, 6.45) is 8.82. The number of anilines is 3. The van der Waals surface area contributed by atoms with Crippen molar-refractivity contribution in [1.82, 2.24) is 15.0 Å². The van der Waals surface area contributed by atoms with Crippen LogP contribution >= 0.6 is 11.6 Å². The zero-order valence-corrected chi connectivity index (χ0v) is 19.3. The van der Waals surface area contributed by atoms with Crippen LogP contribution in [0.4, 0.5) is 17.8 Å². The maximum atomic E-state index is 5.97. The van der Waals surface area contributed by atoms with Crippen molar-refractivity contribution in [2.75, 3.05) is 41.4 Å². The number of hydrazone groups is 1. The van der Waals surface area contributed by atoms with Gasteiger partial charge >= 0.3 is 0 Å². The van der Waals surface area contributed by atoms with E-state index >= 15 is 0 Å². The van der Waals surface area contributed by atoms with Crippen LogP contribution in [0.25, 0.3) is 11.3 Å². The molecule has 2 fully saturated rings. The molecule has 33 heavy (non-hydrogen) atoms. The van der Waals surface area contributed by atoms with Crippen molar-refractivity contribution in [3.63, 3.8) is 0 Å². The zero-order valence-electron chi connectivity index (χ0n) is 18.6. The van der Waals surface area contributed by atoms with Gasteiger partial charge in [-0.25, -0.2) is 5.43 Å². The molecule has 2 aromatic heterocycles. The number of nitrogens with zero attached hydrogens (tertiary/aromatic N) is 6. The van der Waals surface area contributed by atoms with E-state index in [0.29, 0.717) is 16.7 Å². The minimum atomic E-state index is 0.451. The molecule has 5 rings (SSSR count). The summed E-state index contributed by atoms with van der Waals surface area (Å²) < 4.78 is 5.88. The number of furan rings is 1. The van der Waals surface area contributed by atoms with Crippen LogP contribution in [0, 0.1) is 0 Å². The van der Waals surface area contributed by atoms with E-state index in [9.17, 15) is 0 Å². The maximum absolute atomic E-state index is 5.97. The second kappa shape index (κ2) is 10.2. The monoisotopic (exact) mass is 465 g/mol. The molecular weight excluding hydrogens is 438 g/mol. The highest BCUT2D eigenvalue weighted by molar-refractivity contribution is 6.30. The van der Waals surface area contributed by atoms with Crippen molar-refractivity contribution < 1.29 is 4.42 Å². The van der Waals surface area contributed by atoms with E-state index in [1.165, 1.54) is 38.5 Å². The Kier molecular flexibility index (Phi) is 6.71. The molecule has 4 heterocycles. The second-order valence-electron chi connectivity index (χ2n) is 8.43. The second-order valence-corrected chi connectivity index (χ2v) is 8.87. The largest absolute Gasteiger partial charge is 0.455 e. The first-order valence-electron chi connectivity index (χ1n) is 11.7. The molecule has 8 nitrogen and oxygen atoms in total. The first-order valence-corrected chi connectivity index (χ1v) is 12.0. The van der Waals surface area contributed by atoms with Crippen LogP contribution in [0.15, 0.2) is 45.9 Å². The molecule has 1 aromatic carbocycles. The minimum Gasteiger partial charge on any atom is -0.455 e. The minimum absolute atomic E-state index is 0.451. The molecule has 0 unspecified atom stereocenters. The van der Waals surface area contributed by atoms with Gasteiger partial charge in [-0.05, 0) is 74.9 Å². The van der Waals surface area contributed by atoms with E-state index < -0.39 is 0 Å². The molecule has 0 bridgehead atoms. The number of hydrogen-bond donors (Lipinski definition) is 1. The number of piperidine rings is 2. The summed E-state index contributed by atoms with van der Waals surface area (Å²) in [5.74, 6) is 3.30. The van der Waals surface area contributed by atoms with Crippen LogP contribution in [0.3, 0.4) is 0 Å². The first kappa shape index (κ1) is 21.7. The fourth-order valence-corrected chi connectivity index (χ4v) is 4.35. The topological polar surface area (TPSA) is 82.7 Å². The average Bonchev–Trinajstić information content (AvgIpc) is 3.34. The van der Waals surface area contributed by atoms with Crippen molar-refractivity contribution in [1.29, 1.82) is 0 Å². The molecule has 0 atom stereocenters. The van der Waals surface area contributed by atoms with Gasteiger partial charge in [-0.1, -0.05) is 11.6 Å². The molecule has 0 amide bonds. The molecule has 3 aromatic rings. The van der Waals surface area contributed by atoms with Crippen LogP contribution in [-0.2, 0) is 0 Å². The Morgan fingerprint density at radius 1 is 0.788 bits per heavy atom. The Bertz CT molecular complexity index is 1050. The highest BCUT2D eigenvalue weighted by Gasteiger charge is 2.20. The van der Waals surface area contributed by atoms with Gasteiger partial charge < -0.3 is 14.2 Å². The molecular formula is C24H28ClN7O. The van der Waals surface area contributed by atoms with E-state index in [4.69, 9.17) is 21.0 Å². The van der Waals surface area contributed by atoms with E-state index in [2.05, 4.69) is 30.3 Å². The van der Waals surface area contributed by atoms with Crippen molar-refractivity contribution in [2.24, 2.45) is 5.10 Å². The number of benzene rings is 1. The Balaban J connectivity index is 1.32. The van der Waals surface area contributed by atoms with Gasteiger partial charge in [0.25, 0.3) is 0 Å². The van der Waals surface area contributed by atoms with Gasteiger partial charge in [0.2, 0.25) is 17.8 Å². The van der Waals surface area contributed by atoms with Gasteiger partial charge in [0.15, 0.2) is 0 Å². The number of nitrogens with one attached hydrogen (secondary N) is 1. The van der Waals surface area contributed by atoms with Crippen LogP contribution < -0.4 is 15.2 Å². The molecule has 2 aliphatic rings. The molecule has 0 saturated carbocycles. The quantitative estimate of drug-likeness (QED) is 0.395. The van der Waals surface area contributed by atoms with Crippen molar-refractivity contribution in [2.45, 2.75) is 38.5 Å². The molecule has 2 aliphatic heterocycles. The highest BCUT2D eigenvalue weighted by atomic mass is 35.5. The van der Waals surface area contributed by atoms with Gasteiger partial charge in [0.1, 0.15) is 11.5 Å². The fourth-order valence-electron chi connectivity index (χ4n) is 4.22. The summed E-state index contributed by atoms with van der Waals surface area (Å²) >= 11 is 5.97. The lowest BCUT2D eigenvalue weighted by molar-refractivity contribution is 0.556. The van der Waals surface area contributed by atoms with E-state index in [0.717, 1.165) is 49.4 Å². The Hall–Kier alpha value is -3.13. The smallest absolute Gasteiger partial charge is 0.250 e. The standard InChI is InChI=1S/C24H28ClN7O/c25-19-9-7-18(8-10-19)21-12-11-20(33-21)17-26-30-22-27-23(31-13-3-1-4-14-31)29-24(28-22)32-15-5-2-6-16-32/h7-12,17H,1-6,13-16H2,(H,27,28,29,30)/b26-17+. The maximum Gasteiger partial charge on any atom is 0.250 e. The van der Waals surface area contributed by atoms with Crippen LogP contribution in [-0.4, -0.2) is 47.3 Å². The van der Waals surface area contributed by atoms with Crippen LogP contribution in [0.2, 0.25) is 5.02 Å². The summed E-state index contributed by atoms with van der Waals surface area (Å²) in [5.41, 5.74) is 3.95. The summed E-state index contributed by atoms with van der Waals surface area (Å²) in [6.45, 7) is 3.91.